The summed E-state index contributed by atoms with van der Waals surface area (Å²) in [5, 5.41) is 8.57. The van der Waals surface area contributed by atoms with Crippen LogP contribution >= 0.6 is 22.6 Å². The largest absolute Gasteiger partial charge is 0.390 e. The lowest BCUT2D eigenvalue weighted by Gasteiger charge is -2.15. The maximum absolute atomic E-state index is 8.57. The lowest BCUT2D eigenvalue weighted by atomic mass is 10.7. The molecule has 0 atom stereocenters. The molecule has 48 valence electrons. The standard InChI is InChI=1S/C4H7IO3/c5-4(3-6)7-1-2-8-4/h6H,1-3H2. The lowest BCUT2D eigenvalue weighted by molar-refractivity contribution is -0.0910. The number of halogens is 1. The summed E-state index contributed by atoms with van der Waals surface area (Å²) in [6.45, 7) is 1.10. The van der Waals surface area contributed by atoms with Crippen LogP contribution in [0.25, 0.3) is 0 Å². The first-order valence-corrected chi connectivity index (χ1v) is 3.42. The summed E-state index contributed by atoms with van der Waals surface area (Å²) >= 11 is 1.93. The Morgan fingerprint density at radius 2 is 2.00 bits per heavy atom. The third-order valence-corrected chi connectivity index (χ3v) is 1.87. The Morgan fingerprint density at radius 3 is 2.25 bits per heavy atom. The van der Waals surface area contributed by atoms with Gasteiger partial charge < -0.3 is 14.6 Å². The second-order valence-corrected chi connectivity index (χ2v) is 3.16. The average Bonchev–Trinajstić information content (AvgIpc) is 2.17. The van der Waals surface area contributed by atoms with E-state index in [-0.39, 0.29) is 6.61 Å². The molecule has 0 bridgehead atoms. The Balaban J connectivity index is 2.40. The van der Waals surface area contributed by atoms with Crippen LogP contribution in [0.4, 0.5) is 0 Å². The van der Waals surface area contributed by atoms with Crippen LogP contribution < -0.4 is 0 Å². The molecule has 0 unspecified atom stereocenters. The molecule has 1 rings (SSSR count). The first-order valence-electron chi connectivity index (χ1n) is 2.34. The van der Waals surface area contributed by atoms with Gasteiger partial charge in [-0.05, 0) is 22.6 Å². The van der Waals surface area contributed by atoms with E-state index < -0.39 is 3.79 Å². The molecule has 0 amide bonds. The monoisotopic (exact) mass is 230 g/mol. The number of aliphatic hydroxyl groups excluding tert-OH is 1. The van der Waals surface area contributed by atoms with E-state index in [1.54, 1.807) is 0 Å². The lowest BCUT2D eigenvalue weighted by Crippen LogP contribution is -2.25. The van der Waals surface area contributed by atoms with Crippen molar-refractivity contribution >= 4 is 22.6 Å². The Hall–Kier alpha value is 0.610. The quantitative estimate of drug-likeness (QED) is 0.513. The van der Waals surface area contributed by atoms with E-state index in [2.05, 4.69) is 0 Å². The first kappa shape index (κ1) is 6.73. The maximum atomic E-state index is 8.57. The van der Waals surface area contributed by atoms with Gasteiger partial charge in [0, 0.05) is 0 Å². The second-order valence-electron chi connectivity index (χ2n) is 1.51. The van der Waals surface area contributed by atoms with Crippen LogP contribution in [0.1, 0.15) is 0 Å². The summed E-state index contributed by atoms with van der Waals surface area (Å²) in [5.74, 6) is 0. The minimum Gasteiger partial charge on any atom is -0.390 e. The fourth-order valence-corrected chi connectivity index (χ4v) is 0.962. The summed E-state index contributed by atoms with van der Waals surface area (Å²) in [4.78, 5) is 0. The zero-order valence-corrected chi connectivity index (χ0v) is 6.42. The molecule has 0 aliphatic carbocycles. The number of alkyl halides is 1. The van der Waals surface area contributed by atoms with Gasteiger partial charge in [0.1, 0.15) is 6.61 Å². The number of ether oxygens (including phenoxy) is 2. The molecule has 1 N–H and O–H groups in total. The van der Waals surface area contributed by atoms with Gasteiger partial charge in [0.25, 0.3) is 0 Å². The molecule has 1 aliphatic rings. The second kappa shape index (κ2) is 2.47. The van der Waals surface area contributed by atoms with E-state index in [9.17, 15) is 0 Å². The molecular weight excluding hydrogens is 223 g/mol. The number of rotatable bonds is 1. The molecule has 0 aromatic carbocycles. The number of hydrogen-bond acceptors (Lipinski definition) is 3. The van der Waals surface area contributed by atoms with E-state index in [0.29, 0.717) is 13.2 Å². The highest BCUT2D eigenvalue weighted by atomic mass is 127. The van der Waals surface area contributed by atoms with Crippen LogP contribution in [0, 0.1) is 0 Å². The molecule has 0 saturated carbocycles. The van der Waals surface area contributed by atoms with Gasteiger partial charge in [0.15, 0.2) is 0 Å². The van der Waals surface area contributed by atoms with Gasteiger partial charge in [-0.15, -0.1) is 0 Å². The van der Waals surface area contributed by atoms with Crippen molar-refractivity contribution in [3.8, 4) is 0 Å². The van der Waals surface area contributed by atoms with Crippen LogP contribution in [0.15, 0.2) is 0 Å². The zero-order valence-electron chi connectivity index (χ0n) is 4.26. The van der Waals surface area contributed by atoms with Crippen molar-refractivity contribution in [2.75, 3.05) is 19.8 Å². The average molecular weight is 230 g/mol. The molecule has 1 saturated heterocycles. The Bertz CT molecular complexity index is 79.4. The molecule has 1 fully saturated rings. The van der Waals surface area contributed by atoms with Gasteiger partial charge in [-0.25, -0.2) is 0 Å². The van der Waals surface area contributed by atoms with Gasteiger partial charge in [-0.2, -0.15) is 0 Å². The van der Waals surface area contributed by atoms with Crippen molar-refractivity contribution in [2.45, 2.75) is 3.79 Å². The Kier molecular flexibility index (Phi) is 2.07. The molecule has 0 aromatic heterocycles. The minimum atomic E-state index is -0.738. The molecule has 0 aromatic rings. The molecule has 1 heterocycles. The normalized spacial score (nSPS) is 26.2. The molecule has 0 radical (unpaired) electrons. The summed E-state index contributed by atoms with van der Waals surface area (Å²) < 4.78 is 9.27. The van der Waals surface area contributed by atoms with Crippen LogP contribution in [0.5, 0.6) is 0 Å². The van der Waals surface area contributed by atoms with Crippen molar-refractivity contribution in [1.82, 2.24) is 0 Å². The highest BCUT2D eigenvalue weighted by molar-refractivity contribution is 14.1. The first-order chi connectivity index (χ1) is 3.77. The predicted molar refractivity (Wildman–Crippen MR) is 35.7 cm³/mol. The van der Waals surface area contributed by atoms with Gasteiger partial charge in [-0.1, -0.05) is 0 Å². The van der Waals surface area contributed by atoms with Crippen molar-refractivity contribution in [2.24, 2.45) is 0 Å². The van der Waals surface area contributed by atoms with Gasteiger partial charge in [-0.3, -0.25) is 0 Å². The third-order valence-electron chi connectivity index (χ3n) is 0.907. The molecule has 8 heavy (non-hydrogen) atoms. The minimum absolute atomic E-state index is 0.0758. The summed E-state index contributed by atoms with van der Waals surface area (Å²) in [6.07, 6.45) is 0. The molecule has 0 spiro atoms. The number of aliphatic hydroxyl groups is 1. The fourth-order valence-electron chi connectivity index (χ4n) is 0.521. The van der Waals surface area contributed by atoms with Crippen LogP contribution in [0.2, 0.25) is 0 Å². The highest BCUT2D eigenvalue weighted by Crippen LogP contribution is 2.25. The zero-order chi connectivity index (χ0) is 6.04. The molecule has 4 heteroatoms. The SMILES string of the molecule is OCC1(I)OCCO1. The van der Waals surface area contributed by atoms with E-state index in [1.807, 2.05) is 22.6 Å². The Labute approximate surface area is 61.1 Å². The maximum Gasteiger partial charge on any atom is 0.245 e. The summed E-state index contributed by atoms with van der Waals surface area (Å²) in [7, 11) is 0. The van der Waals surface area contributed by atoms with Crippen molar-refractivity contribution in [3.05, 3.63) is 0 Å². The van der Waals surface area contributed by atoms with E-state index in [4.69, 9.17) is 14.6 Å². The fraction of sp³-hybridized carbons (Fsp3) is 1.00. The topological polar surface area (TPSA) is 38.7 Å². The van der Waals surface area contributed by atoms with Crippen molar-refractivity contribution in [1.29, 1.82) is 0 Å². The summed E-state index contributed by atoms with van der Waals surface area (Å²) in [6, 6.07) is 0. The van der Waals surface area contributed by atoms with Crippen LogP contribution in [-0.2, 0) is 9.47 Å². The van der Waals surface area contributed by atoms with Crippen LogP contribution in [-0.4, -0.2) is 28.7 Å². The van der Waals surface area contributed by atoms with Crippen LogP contribution in [0.3, 0.4) is 0 Å². The number of hydrogen-bond donors (Lipinski definition) is 1. The van der Waals surface area contributed by atoms with Crippen molar-refractivity contribution < 1.29 is 14.6 Å². The van der Waals surface area contributed by atoms with Gasteiger partial charge in [0.2, 0.25) is 3.79 Å². The van der Waals surface area contributed by atoms with E-state index in [1.165, 1.54) is 0 Å². The molecule has 3 nitrogen and oxygen atoms in total. The smallest absolute Gasteiger partial charge is 0.245 e. The van der Waals surface area contributed by atoms with Gasteiger partial charge in [0.05, 0.1) is 13.2 Å². The highest BCUT2D eigenvalue weighted by Gasteiger charge is 2.31. The van der Waals surface area contributed by atoms with Crippen molar-refractivity contribution in [3.63, 3.8) is 0 Å². The Morgan fingerprint density at radius 1 is 1.50 bits per heavy atom. The molecular formula is C4H7IO3. The summed E-state index contributed by atoms with van der Waals surface area (Å²) in [5.41, 5.74) is 0. The molecule has 1 aliphatic heterocycles. The van der Waals surface area contributed by atoms with E-state index >= 15 is 0 Å². The van der Waals surface area contributed by atoms with E-state index in [0.717, 1.165) is 0 Å². The van der Waals surface area contributed by atoms with Gasteiger partial charge >= 0.3 is 0 Å². The predicted octanol–water partition coefficient (Wildman–Crippen LogP) is 0.114. The third kappa shape index (κ3) is 1.31.